The van der Waals surface area contributed by atoms with E-state index in [-0.39, 0.29) is 23.6 Å². The highest BCUT2D eigenvalue weighted by molar-refractivity contribution is 6.45. The molecule has 4 N–H and O–H groups in total. The van der Waals surface area contributed by atoms with Crippen LogP contribution in [0.3, 0.4) is 0 Å². The van der Waals surface area contributed by atoms with Crippen molar-refractivity contribution in [3.05, 3.63) is 74.4 Å². The van der Waals surface area contributed by atoms with Crippen molar-refractivity contribution in [1.29, 1.82) is 0 Å². The van der Waals surface area contributed by atoms with E-state index >= 15 is 0 Å². The minimum absolute atomic E-state index is 0.0148. The molecule has 3 aromatic rings. The molecule has 2 aromatic carbocycles. The fraction of sp³-hybridized carbons (Fsp3) is 0.227. The lowest BCUT2D eigenvalue weighted by Gasteiger charge is -2.20. The summed E-state index contributed by atoms with van der Waals surface area (Å²) >= 11 is 0. The number of nitrogens with one attached hydrogen (secondary N) is 3. The molecule has 0 aliphatic rings. The van der Waals surface area contributed by atoms with Crippen LogP contribution in [0, 0.1) is 0 Å². The second-order valence-corrected chi connectivity index (χ2v) is 7.03. The van der Waals surface area contributed by atoms with Gasteiger partial charge >= 0.3 is 5.97 Å². The maximum atomic E-state index is 12.0. The number of aliphatic carboxylic acids is 1. The lowest BCUT2D eigenvalue weighted by molar-refractivity contribution is -0.137. The number of benzene rings is 1. The van der Waals surface area contributed by atoms with Crippen LogP contribution in [0.2, 0.25) is 0 Å². The Morgan fingerprint density at radius 1 is 1.03 bits per heavy atom. The SMILES string of the molecule is CCCNc1c(NC(Cc2ccc(NC(=O)C(=O)c3ccco3)cc2)C(=O)O)c(=O)c1=O. The highest BCUT2D eigenvalue weighted by atomic mass is 16.4. The molecule has 0 fully saturated rings. The van der Waals surface area contributed by atoms with E-state index in [9.17, 15) is 29.1 Å². The fourth-order valence-corrected chi connectivity index (χ4v) is 2.99. The van der Waals surface area contributed by atoms with Crippen molar-refractivity contribution >= 4 is 34.7 Å². The summed E-state index contributed by atoms with van der Waals surface area (Å²) in [5.74, 6) is -2.97. The zero-order valence-corrected chi connectivity index (χ0v) is 17.1. The van der Waals surface area contributed by atoms with Gasteiger partial charge in [0.2, 0.25) is 0 Å². The molecule has 0 saturated carbocycles. The minimum atomic E-state index is -1.19. The molecule has 3 rings (SSSR count). The van der Waals surface area contributed by atoms with Gasteiger partial charge in [0, 0.05) is 18.7 Å². The Kier molecular flexibility index (Phi) is 6.83. The van der Waals surface area contributed by atoms with Crippen molar-refractivity contribution in [1.82, 2.24) is 0 Å². The molecule has 166 valence electrons. The van der Waals surface area contributed by atoms with Crippen LogP contribution in [0.1, 0.15) is 29.5 Å². The smallest absolute Gasteiger partial charge is 0.326 e. The maximum absolute atomic E-state index is 12.0. The molecule has 1 aromatic heterocycles. The Balaban J connectivity index is 1.65. The second kappa shape index (κ2) is 9.73. The first-order valence-electron chi connectivity index (χ1n) is 9.86. The third-order valence-corrected chi connectivity index (χ3v) is 4.68. The molecular formula is C22H21N3O7. The normalized spacial score (nSPS) is 11.7. The Hall–Kier alpha value is -4.21. The number of carboxylic acid groups (broad SMARTS) is 1. The van der Waals surface area contributed by atoms with Gasteiger partial charge in [-0.05, 0) is 36.2 Å². The summed E-state index contributed by atoms with van der Waals surface area (Å²) < 4.78 is 4.90. The molecule has 0 saturated heterocycles. The third kappa shape index (κ3) is 4.91. The van der Waals surface area contributed by atoms with Gasteiger partial charge in [0.15, 0.2) is 5.76 Å². The van der Waals surface area contributed by atoms with Gasteiger partial charge in [-0.3, -0.25) is 19.2 Å². The lowest BCUT2D eigenvalue weighted by Crippen LogP contribution is -2.42. The minimum Gasteiger partial charge on any atom is -0.480 e. The maximum Gasteiger partial charge on any atom is 0.326 e. The summed E-state index contributed by atoms with van der Waals surface area (Å²) in [7, 11) is 0. The predicted octanol–water partition coefficient (Wildman–Crippen LogP) is 1.63. The van der Waals surface area contributed by atoms with E-state index in [1.54, 1.807) is 12.1 Å². The Bertz CT molecular complexity index is 1190. The van der Waals surface area contributed by atoms with E-state index < -0.39 is 34.6 Å². The van der Waals surface area contributed by atoms with Crippen LogP contribution in [0.4, 0.5) is 17.1 Å². The summed E-state index contributed by atoms with van der Waals surface area (Å²) in [5.41, 5.74) is -0.420. The van der Waals surface area contributed by atoms with Crippen LogP contribution < -0.4 is 26.8 Å². The van der Waals surface area contributed by atoms with Crippen LogP contribution in [0.15, 0.2) is 56.7 Å². The van der Waals surface area contributed by atoms with Gasteiger partial charge in [0.25, 0.3) is 22.5 Å². The molecule has 1 unspecified atom stereocenters. The van der Waals surface area contributed by atoms with Crippen molar-refractivity contribution in [2.45, 2.75) is 25.8 Å². The largest absolute Gasteiger partial charge is 0.480 e. The monoisotopic (exact) mass is 439 g/mol. The van der Waals surface area contributed by atoms with Gasteiger partial charge in [-0.25, -0.2) is 4.79 Å². The van der Waals surface area contributed by atoms with Crippen molar-refractivity contribution in [3.63, 3.8) is 0 Å². The van der Waals surface area contributed by atoms with E-state index in [1.807, 2.05) is 6.92 Å². The van der Waals surface area contributed by atoms with Gasteiger partial charge in [0.1, 0.15) is 17.4 Å². The summed E-state index contributed by atoms with van der Waals surface area (Å²) in [6, 6.07) is 7.94. The zero-order chi connectivity index (χ0) is 23.3. The summed E-state index contributed by atoms with van der Waals surface area (Å²) in [5, 5.41) is 17.5. The molecule has 0 radical (unpaired) electrons. The number of carboxylic acids is 1. The van der Waals surface area contributed by atoms with Crippen LogP contribution in [-0.4, -0.2) is 35.4 Å². The molecule has 0 aliphatic carbocycles. The molecular weight excluding hydrogens is 418 g/mol. The standard InChI is InChI=1S/C22H21N3O7/c1-2-9-23-16-17(20(28)19(16)27)25-14(22(30)31)11-12-5-7-13(8-6-12)24-21(29)18(26)15-4-3-10-32-15/h3-8,10,14,23,25H,2,9,11H2,1H3,(H,24,29)(H,30,31). The number of ketones is 1. The van der Waals surface area contributed by atoms with Crippen molar-refractivity contribution in [2.24, 2.45) is 0 Å². The molecule has 10 nitrogen and oxygen atoms in total. The Morgan fingerprint density at radius 2 is 1.72 bits per heavy atom. The number of furan rings is 1. The van der Waals surface area contributed by atoms with E-state index in [1.165, 1.54) is 30.5 Å². The van der Waals surface area contributed by atoms with Gasteiger partial charge in [-0.1, -0.05) is 19.1 Å². The third-order valence-electron chi connectivity index (χ3n) is 4.68. The van der Waals surface area contributed by atoms with Crippen molar-refractivity contribution < 1.29 is 23.9 Å². The Labute approximate surface area is 181 Å². The molecule has 0 spiro atoms. The van der Waals surface area contributed by atoms with Crippen molar-refractivity contribution in [3.8, 4) is 0 Å². The highest BCUT2D eigenvalue weighted by Gasteiger charge is 2.26. The number of hydrogen-bond acceptors (Lipinski definition) is 8. The molecule has 1 heterocycles. The van der Waals surface area contributed by atoms with Crippen LogP contribution >= 0.6 is 0 Å². The van der Waals surface area contributed by atoms with E-state index in [0.717, 1.165) is 6.42 Å². The number of hydrogen-bond donors (Lipinski definition) is 4. The van der Waals surface area contributed by atoms with Gasteiger partial charge in [-0.15, -0.1) is 0 Å². The Morgan fingerprint density at radius 3 is 2.31 bits per heavy atom. The molecule has 10 heteroatoms. The van der Waals surface area contributed by atoms with Crippen LogP contribution in [-0.2, 0) is 16.0 Å². The molecule has 32 heavy (non-hydrogen) atoms. The van der Waals surface area contributed by atoms with E-state index in [0.29, 0.717) is 17.8 Å². The second-order valence-electron chi connectivity index (χ2n) is 7.03. The molecule has 1 atom stereocenters. The number of carbonyl (C=O) groups is 3. The number of carbonyl (C=O) groups excluding carboxylic acids is 2. The first-order chi connectivity index (χ1) is 15.3. The quantitative estimate of drug-likeness (QED) is 0.258. The number of amides is 1. The van der Waals surface area contributed by atoms with E-state index in [4.69, 9.17) is 4.42 Å². The van der Waals surface area contributed by atoms with Gasteiger partial charge in [0.05, 0.1) is 6.26 Å². The fourth-order valence-electron chi connectivity index (χ4n) is 2.99. The first kappa shape index (κ1) is 22.5. The number of Topliss-reactive ketones (excluding diaryl/α,β-unsaturated/α-hetero) is 1. The zero-order valence-electron chi connectivity index (χ0n) is 17.1. The number of anilines is 3. The molecule has 0 aliphatic heterocycles. The van der Waals surface area contributed by atoms with Crippen LogP contribution in [0.5, 0.6) is 0 Å². The summed E-state index contributed by atoms with van der Waals surface area (Å²) in [4.78, 5) is 59.2. The number of rotatable bonds is 11. The predicted molar refractivity (Wildman–Crippen MR) is 117 cm³/mol. The topological polar surface area (TPSA) is 155 Å². The molecule has 0 bridgehead atoms. The van der Waals surface area contributed by atoms with Gasteiger partial charge in [-0.2, -0.15) is 0 Å². The van der Waals surface area contributed by atoms with Crippen molar-refractivity contribution in [2.75, 3.05) is 22.5 Å². The summed E-state index contributed by atoms with van der Waals surface area (Å²) in [6.45, 7) is 2.37. The lowest BCUT2D eigenvalue weighted by atomic mass is 10.0. The van der Waals surface area contributed by atoms with E-state index in [2.05, 4.69) is 16.0 Å². The summed E-state index contributed by atoms with van der Waals surface area (Å²) in [6.07, 6.45) is 2.03. The first-order valence-corrected chi connectivity index (χ1v) is 9.86. The van der Waals surface area contributed by atoms with Gasteiger partial charge < -0.3 is 25.5 Å². The average molecular weight is 439 g/mol. The van der Waals surface area contributed by atoms with Crippen LogP contribution in [0.25, 0.3) is 0 Å². The molecule has 1 amide bonds. The highest BCUT2D eigenvalue weighted by Crippen LogP contribution is 2.18. The average Bonchev–Trinajstić information content (AvgIpc) is 3.32.